The van der Waals surface area contributed by atoms with E-state index in [-0.39, 0.29) is 11.1 Å². The summed E-state index contributed by atoms with van der Waals surface area (Å²) in [4.78, 5) is 4.33. The minimum atomic E-state index is -0.298. The van der Waals surface area contributed by atoms with Crippen LogP contribution in [0.2, 0.25) is 0 Å². The highest BCUT2D eigenvalue weighted by molar-refractivity contribution is 7.99. The highest BCUT2D eigenvalue weighted by Crippen LogP contribution is 2.34. The van der Waals surface area contributed by atoms with Crippen molar-refractivity contribution in [3.05, 3.63) is 41.4 Å². The third-order valence-corrected chi connectivity index (χ3v) is 4.67. The summed E-state index contributed by atoms with van der Waals surface area (Å²) < 4.78 is 24.5. The van der Waals surface area contributed by atoms with Crippen LogP contribution in [-0.4, -0.2) is 26.6 Å². The predicted molar refractivity (Wildman–Crippen MR) is 90.2 cm³/mol. The quantitative estimate of drug-likeness (QED) is 0.598. The Kier molecular flexibility index (Phi) is 5.20. The largest absolute Gasteiger partial charge is 0.415 e. The Balaban J connectivity index is 1.72. The number of aryl methyl sites for hydroxylation is 1. The fourth-order valence-corrected chi connectivity index (χ4v) is 3.01. The van der Waals surface area contributed by atoms with Crippen molar-refractivity contribution in [1.82, 2.24) is 20.3 Å². The summed E-state index contributed by atoms with van der Waals surface area (Å²) in [5, 5.41) is 12.1. The van der Waals surface area contributed by atoms with Gasteiger partial charge in [0, 0.05) is 5.56 Å². The van der Waals surface area contributed by atoms with E-state index in [2.05, 4.69) is 20.3 Å². The van der Waals surface area contributed by atoms with Crippen molar-refractivity contribution in [3.63, 3.8) is 0 Å². The maximum atomic E-state index is 13.7. The monoisotopic (exact) mass is 366 g/mol. The lowest BCUT2D eigenvalue weighted by Crippen LogP contribution is -1.90. The molecule has 9 heteroatoms. The highest BCUT2D eigenvalue weighted by Gasteiger charge is 2.20. The van der Waals surface area contributed by atoms with E-state index in [4.69, 9.17) is 8.94 Å². The second-order valence-electron chi connectivity index (χ2n) is 5.07. The lowest BCUT2D eigenvalue weighted by atomic mass is 10.1. The van der Waals surface area contributed by atoms with E-state index < -0.39 is 0 Å². The molecule has 1 atom stereocenters. The van der Waals surface area contributed by atoms with E-state index in [1.807, 2.05) is 13.2 Å². The number of thioether (sulfide) groups is 2. The summed E-state index contributed by atoms with van der Waals surface area (Å²) in [6.07, 6.45) is 1.97. The summed E-state index contributed by atoms with van der Waals surface area (Å²) >= 11 is 2.95. The van der Waals surface area contributed by atoms with Gasteiger partial charge in [-0.15, -0.1) is 10.2 Å². The molecular weight excluding hydrogens is 351 g/mol. The van der Waals surface area contributed by atoms with E-state index in [0.29, 0.717) is 39.7 Å². The zero-order chi connectivity index (χ0) is 17.1. The zero-order valence-corrected chi connectivity index (χ0v) is 14.9. The SMILES string of the molecule is CSCc1nnc(SC(C)c2nc(-c3ccc(C)c(F)c3)no2)o1. The minimum Gasteiger partial charge on any atom is -0.415 e. The molecule has 0 aliphatic rings. The molecular formula is C15H15FN4O2S2. The standard InChI is InChI=1S/C15H15FN4O2S2/c1-8-4-5-10(6-11(8)16)13-17-14(22-20-13)9(2)24-15-19-18-12(21-15)7-23-3/h4-6,9H,7H2,1-3H3. The molecule has 24 heavy (non-hydrogen) atoms. The van der Waals surface area contributed by atoms with Crippen LogP contribution < -0.4 is 0 Å². The van der Waals surface area contributed by atoms with Crippen molar-refractivity contribution in [2.24, 2.45) is 0 Å². The first-order valence-electron chi connectivity index (χ1n) is 7.15. The van der Waals surface area contributed by atoms with E-state index in [0.717, 1.165) is 0 Å². The van der Waals surface area contributed by atoms with Gasteiger partial charge >= 0.3 is 0 Å². The van der Waals surface area contributed by atoms with Crippen molar-refractivity contribution in [3.8, 4) is 11.4 Å². The van der Waals surface area contributed by atoms with Crippen molar-refractivity contribution in [2.45, 2.75) is 30.1 Å². The Labute approximate surface area is 146 Å². The molecule has 0 aliphatic heterocycles. The topological polar surface area (TPSA) is 77.8 Å². The van der Waals surface area contributed by atoms with Crippen LogP contribution in [0.15, 0.2) is 32.4 Å². The van der Waals surface area contributed by atoms with Crippen LogP contribution >= 0.6 is 23.5 Å². The third-order valence-electron chi connectivity index (χ3n) is 3.21. The number of hydrogen-bond donors (Lipinski definition) is 0. The molecule has 0 N–H and O–H groups in total. The summed E-state index contributed by atoms with van der Waals surface area (Å²) in [7, 11) is 0. The van der Waals surface area contributed by atoms with Gasteiger partial charge in [0.05, 0.1) is 11.0 Å². The maximum absolute atomic E-state index is 13.7. The predicted octanol–water partition coefficient (Wildman–Crippen LogP) is 4.28. The van der Waals surface area contributed by atoms with Crippen LogP contribution in [0.3, 0.4) is 0 Å². The van der Waals surface area contributed by atoms with Crippen LogP contribution in [0.5, 0.6) is 0 Å². The van der Waals surface area contributed by atoms with Crippen LogP contribution in [0.25, 0.3) is 11.4 Å². The Morgan fingerprint density at radius 1 is 1.29 bits per heavy atom. The van der Waals surface area contributed by atoms with E-state index in [1.54, 1.807) is 30.8 Å². The summed E-state index contributed by atoms with van der Waals surface area (Å²) in [6.45, 7) is 3.60. The molecule has 1 unspecified atom stereocenters. The van der Waals surface area contributed by atoms with Gasteiger partial charge in [-0.3, -0.25) is 0 Å². The smallest absolute Gasteiger partial charge is 0.277 e. The van der Waals surface area contributed by atoms with E-state index in [9.17, 15) is 4.39 Å². The molecule has 0 bridgehead atoms. The first kappa shape index (κ1) is 17.0. The number of nitrogens with zero attached hydrogens (tertiary/aromatic N) is 4. The second kappa shape index (κ2) is 7.35. The molecule has 2 heterocycles. The molecule has 0 spiro atoms. The average Bonchev–Trinajstić information content (AvgIpc) is 3.20. The summed E-state index contributed by atoms with van der Waals surface area (Å²) in [6, 6.07) is 4.84. The fraction of sp³-hybridized carbons (Fsp3) is 0.333. The summed E-state index contributed by atoms with van der Waals surface area (Å²) in [5.74, 6) is 1.73. The van der Waals surface area contributed by atoms with Crippen molar-refractivity contribution < 1.29 is 13.3 Å². The van der Waals surface area contributed by atoms with Gasteiger partial charge in [0.1, 0.15) is 5.82 Å². The number of hydrogen-bond acceptors (Lipinski definition) is 8. The lowest BCUT2D eigenvalue weighted by molar-refractivity contribution is 0.378. The summed E-state index contributed by atoms with van der Waals surface area (Å²) in [5.41, 5.74) is 1.15. The maximum Gasteiger partial charge on any atom is 0.277 e. The van der Waals surface area contributed by atoms with Crippen molar-refractivity contribution in [1.29, 1.82) is 0 Å². The van der Waals surface area contributed by atoms with Gasteiger partial charge < -0.3 is 8.94 Å². The third kappa shape index (κ3) is 3.78. The Morgan fingerprint density at radius 3 is 2.88 bits per heavy atom. The first-order chi connectivity index (χ1) is 11.6. The molecule has 126 valence electrons. The van der Waals surface area contributed by atoms with Crippen molar-refractivity contribution in [2.75, 3.05) is 6.26 Å². The molecule has 0 saturated carbocycles. The second-order valence-corrected chi connectivity index (χ2v) is 7.23. The molecule has 0 amide bonds. The molecule has 0 saturated heterocycles. The van der Waals surface area contributed by atoms with Gasteiger partial charge in [0.15, 0.2) is 0 Å². The molecule has 6 nitrogen and oxygen atoms in total. The van der Waals surface area contributed by atoms with E-state index in [1.165, 1.54) is 17.8 Å². The van der Waals surface area contributed by atoms with Crippen LogP contribution in [-0.2, 0) is 5.75 Å². The van der Waals surface area contributed by atoms with Gasteiger partial charge in [-0.2, -0.15) is 16.7 Å². The number of rotatable bonds is 6. The Morgan fingerprint density at radius 2 is 2.12 bits per heavy atom. The van der Waals surface area contributed by atoms with Crippen LogP contribution in [0, 0.1) is 12.7 Å². The lowest BCUT2D eigenvalue weighted by Gasteiger charge is -2.01. The number of benzene rings is 1. The fourth-order valence-electron chi connectivity index (χ4n) is 1.92. The van der Waals surface area contributed by atoms with Gasteiger partial charge in [-0.1, -0.05) is 29.1 Å². The molecule has 1 aromatic carbocycles. The van der Waals surface area contributed by atoms with Crippen LogP contribution in [0.4, 0.5) is 4.39 Å². The van der Waals surface area contributed by atoms with Gasteiger partial charge in [-0.05, 0) is 31.7 Å². The molecule has 0 radical (unpaired) electrons. The average molecular weight is 366 g/mol. The molecule has 0 aliphatic carbocycles. The van der Waals surface area contributed by atoms with Gasteiger partial charge in [0.2, 0.25) is 17.6 Å². The number of halogens is 1. The Bertz CT molecular complexity index is 837. The number of aromatic nitrogens is 4. The highest BCUT2D eigenvalue weighted by atomic mass is 32.2. The Hall–Kier alpha value is -1.87. The minimum absolute atomic E-state index is 0.163. The first-order valence-corrected chi connectivity index (χ1v) is 9.42. The van der Waals surface area contributed by atoms with Crippen molar-refractivity contribution >= 4 is 23.5 Å². The zero-order valence-electron chi connectivity index (χ0n) is 13.3. The van der Waals surface area contributed by atoms with E-state index >= 15 is 0 Å². The molecule has 3 aromatic rings. The normalized spacial score (nSPS) is 12.5. The molecule has 0 fully saturated rings. The van der Waals surface area contributed by atoms with Gasteiger partial charge in [-0.25, -0.2) is 4.39 Å². The molecule has 2 aromatic heterocycles. The molecule has 3 rings (SSSR count). The van der Waals surface area contributed by atoms with Crippen LogP contribution in [0.1, 0.15) is 29.5 Å². The van der Waals surface area contributed by atoms with Gasteiger partial charge in [0.25, 0.3) is 5.22 Å².